The second-order valence-electron chi connectivity index (χ2n) is 5.59. The van der Waals surface area contributed by atoms with Crippen molar-refractivity contribution in [3.8, 4) is 0 Å². The van der Waals surface area contributed by atoms with E-state index >= 15 is 0 Å². The number of aryl methyl sites for hydroxylation is 1. The Bertz CT molecular complexity index is 717. The zero-order valence-corrected chi connectivity index (χ0v) is 17.2. The number of carbonyl (C=O) groups is 1. The molecule has 140 valence electrons. The number of halogens is 2. The number of guanidine groups is 1. The van der Waals surface area contributed by atoms with Gasteiger partial charge < -0.3 is 16.0 Å². The zero-order valence-electron chi connectivity index (χ0n) is 14.9. The third-order valence-corrected chi connectivity index (χ3v) is 3.43. The van der Waals surface area contributed by atoms with Crippen molar-refractivity contribution < 1.29 is 9.18 Å². The van der Waals surface area contributed by atoms with Gasteiger partial charge in [-0.15, -0.1) is 24.0 Å². The monoisotopic (exact) mass is 470 g/mol. The second kappa shape index (κ2) is 11.5. The number of rotatable bonds is 6. The lowest BCUT2D eigenvalue weighted by atomic mass is 10.1. The van der Waals surface area contributed by atoms with Crippen molar-refractivity contribution in [2.45, 2.75) is 20.4 Å². The van der Waals surface area contributed by atoms with Crippen molar-refractivity contribution in [3.63, 3.8) is 0 Å². The van der Waals surface area contributed by atoms with Crippen LogP contribution in [0.5, 0.6) is 0 Å². The molecule has 2 aromatic carbocycles. The molecule has 7 heteroatoms. The summed E-state index contributed by atoms with van der Waals surface area (Å²) >= 11 is 0. The van der Waals surface area contributed by atoms with Crippen LogP contribution in [0.15, 0.2) is 53.5 Å². The van der Waals surface area contributed by atoms with Gasteiger partial charge in [-0.1, -0.05) is 29.8 Å². The molecular weight excluding hydrogens is 446 g/mol. The molecule has 5 nitrogen and oxygen atoms in total. The standard InChI is InChI=1S/C19H23FN4O.HI/c1-3-21-19(22-12-15-6-4-14(2)5-7-15)23-13-18(25)24-17-10-8-16(20)9-11-17;/h4-11H,3,12-13H2,1-2H3,(H,24,25)(H2,21,22,23);1H. The van der Waals surface area contributed by atoms with E-state index in [4.69, 9.17) is 0 Å². The summed E-state index contributed by atoms with van der Waals surface area (Å²) in [5, 5.41) is 8.78. The number of aliphatic imine (C=N–C) groups is 1. The first-order chi connectivity index (χ1) is 12.1. The molecule has 2 aromatic rings. The van der Waals surface area contributed by atoms with Gasteiger partial charge in [-0.3, -0.25) is 4.79 Å². The van der Waals surface area contributed by atoms with Gasteiger partial charge in [0.2, 0.25) is 5.91 Å². The van der Waals surface area contributed by atoms with Gasteiger partial charge in [0.1, 0.15) is 5.82 Å². The van der Waals surface area contributed by atoms with Crippen molar-refractivity contribution in [3.05, 3.63) is 65.5 Å². The molecule has 0 saturated carbocycles. The van der Waals surface area contributed by atoms with Gasteiger partial charge in [0, 0.05) is 12.2 Å². The summed E-state index contributed by atoms with van der Waals surface area (Å²) in [6.45, 7) is 5.28. The molecule has 0 fully saturated rings. The van der Waals surface area contributed by atoms with Crippen LogP contribution < -0.4 is 16.0 Å². The molecule has 0 radical (unpaired) electrons. The molecule has 0 aliphatic rings. The van der Waals surface area contributed by atoms with Crippen molar-refractivity contribution in [2.24, 2.45) is 4.99 Å². The molecular formula is C19H24FIN4O. The largest absolute Gasteiger partial charge is 0.357 e. The highest BCUT2D eigenvalue weighted by atomic mass is 127. The van der Waals surface area contributed by atoms with Crippen LogP contribution >= 0.6 is 24.0 Å². The predicted octanol–water partition coefficient (Wildman–Crippen LogP) is 3.45. The van der Waals surface area contributed by atoms with E-state index in [0.717, 1.165) is 5.56 Å². The fourth-order valence-corrected chi connectivity index (χ4v) is 2.11. The molecule has 0 aliphatic heterocycles. The minimum absolute atomic E-state index is 0. The predicted molar refractivity (Wildman–Crippen MR) is 114 cm³/mol. The molecule has 0 spiro atoms. The lowest BCUT2D eigenvalue weighted by Crippen LogP contribution is -2.41. The van der Waals surface area contributed by atoms with Gasteiger partial charge in [0.05, 0.1) is 13.1 Å². The number of hydrogen-bond acceptors (Lipinski definition) is 2. The molecule has 0 aromatic heterocycles. The molecule has 0 bridgehead atoms. The average molecular weight is 470 g/mol. The summed E-state index contributed by atoms with van der Waals surface area (Å²) in [6, 6.07) is 13.8. The Morgan fingerprint density at radius 3 is 2.31 bits per heavy atom. The summed E-state index contributed by atoms with van der Waals surface area (Å²) in [5.41, 5.74) is 2.85. The van der Waals surface area contributed by atoms with Gasteiger partial charge in [-0.05, 0) is 43.7 Å². The van der Waals surface area contributed by atoms with Crippen molar-refractivity contribution in [1.82, 2.24) is 10.6 Å². The number of nitrogens with one attached hydrogen (secondary N) is 3. The third-order valence-electron chi connectivity index (χ3n) is 3.43. The normalized spacial score (nSPS) is 10.7. The Hall–Kier alpha value is -2.16. The maximum atomic E-state index is 12.9. The van der Waals surface area contributed by atoms with Crippen LogP contribution in [0.3, 0.4) is 0 Å². The van der Waals surface area contributed by atoms with Crippen LogP contribution in [0, 0.1) is 12.7 Å². The Labute approximate surface area is 170 Å². The van der Waals surface area contributed by atoms with E-state index in [-0.39, 0.29) is 42.2 Å². The van der Waals surface area contributed by atoms with Gasteiger partial charge in [0.15, 0.2) is 5.96 Å². The minimum atomic E-state index is -0.339. The zero-order chi connectivity index (χ0) is 18.1. The Morgan fingerprint density at radius 1 is 1.04 bits per heavy atom. The lowest BCUT2D eigenvalue weighted by Gasteiger charge is -2.11. The summed E-state index contributed by atoms with van der Waals surface area (Å²) < 4.78 is 12.9. The van der Waals surface area contributed by atoms with Crippen LogP contribution in [0.4, 0.5) is 10.1 Å². The average Bonchev–Trinajstić information content (AvgIpc) is 2.61. The van der Waals surface area contributed by atoms with E-state index in [1.54, 1.807) is 0 Å². The van der Waals surface area contributed by atoms with E-state index in [9.17, 15) is 9.18 Å². The maximum absolute atomic E-state index is 12.9. The number of anilines is 1. The van der Waals surface area contributed by atoms with E-state index in [1.165, 1.54) is 29.8 Å². The summed E-state index contributed by atoms with van der Waals surface area (Å²) in [7, 11) is 0. The molecule has 2 rings (SSSR count). The van der Waals surface area contributed by atoms with Crippen molar-refractivity contribution >= 4 is 41.5 Å². The maximum Gasteiger partial charge on any atom is 0.243 e. The molecule has 26 heavy (non-hydrogen) atoms. The van der Waals surface area contributed by atoms with Gasteiger partial charge >= 0.3 is 0 Å². The molecule has 0 atom stereocenters. The first kappa shape index (κ1) is 21.9. The molecule has 3 N–H and O–H groups in total. The summed E-state index contributed by atoms with van der Waals surface area (Å²) in [6.07, 6.45) is 0. The first-order valence-electron chi connectivity index (χ1n) is 8.20. The van der Waals surface area contributed by atoms with E-state index < -0.39 is 0 Å². The second-order valence-corrected chi connectivity index (χ2v) is 5.59. The van der Waals surface area contributed by atoms with Crippen LogP contribution in [-0.2, 0) is 11.3 Å². The Morgan fingerprint density at radius 2 is 1.69 bits per heavy atom. The molecule has 0 saturated heterocycles. The van der Waals surface area contributed by atoms with Crippen LogP contribution in [0.25, 0.3) is 0 Å². The highest BCUT2D eigenvalue weighted by Crippen LogP contribution is 2.07. The lowest BCUT2D eigenvalue weighted by molar-refractivity contribution is -0.115. The number of carbonyl (C=O) groups excluding carboxylic acids is 1. The number of amides is 1. The van der Waals surface area contributed by atoms with Gasteiger partial charge in [0.25, 0.3) is 0 Å². The molecule has 0 heterocycles. The number of hydrogen-bond donors (Lipinski definition) is 3. The van der Waals surface area contributed by atoms with Crippen LogP contribution in [-0.4, -0.2) is 25.0 Å². The number of nitrogens with zero attached hydrogens (tertiary/aromatic N) is 1. The van der Waals surface area contributed by atoms with Crippen LogP contribution in [0.1, 0.15) is 18.1 Å². The van der Waals surface area contributed by atoms with Gasteiger partial charge in [-0.25, -0.2) is 9.38 Å². The van der Waals surface area contributed by atoms with Crippen LogP contribution in [0.2, 0.25) is 0 Å². The topological polar surface area (TPSA) is 65.5 Å². The van der Waals surface area contributed by atoms with Crippen molar-refractivity contribution in [1.29, 1.82) is 0 Å². The molecule has 1 amide bonds. The number of benzene rings is 2. The SMILES string of the molecule is CCNC(=NCc1ccc(C)cc1)NCC(=O)Nc1ccc(F)cc1.I. The van der Waals surface area contributed by atoms with Crippen molar-refractivity contribution in [2.75, 3.05) is 18.4 Å². The fourth-order valence-electron chi connectivity index (χ4n) is 2.11. The molecule has 0 unspecified atom stereocenters. The minimum Gasteiger partial charge on any atom is -0.357 e. The smallest absolute Gasteiger partial charge is 0.243 e. The fraction of sp³-hybridized carbons (Fsp3) is 0.263. The molecule has 0 aliphatic carbocycles. The Balaban J connectivity index is 0.00000338. The quantitative estimate of drug-likeness (QED) is 0.344. The van der Waals surface area contributed by atoms with E-state index in [0.29, 0.717) is 24.7 Å². The highest BCUT2D eigenvalue weighted by Gasteiger charge is 2.04. The summed E-state index contributed by atoms with van der Waals surface area (Å²) in [4.78, 5) is 16.4. The third kappa shape index (κ3) is 7.81. The Kier molecular flexibility index (Phi) is 9.64. The van der Waals surface area contributed by atoms with E-state index in [1.807, 2.05) is 38.1 Å². The summed E-state index contributed by atoms with van der Waals surface area (Å²) in [5.74, 6) is -0.00123. The first-order valence-corrected chi connectivity index (χ1v) is 8.20. The van der Waals surface area contributed by atoms with Gasteiger partial charge in [-0.2, -0.15) is 0 Å². The van der Waals surface area contributed by atoms with E-state index in [2.05, 4.69) is 20.9 Å². The highest BCUT2D eigenvalue weighted by molar-refractivity contribution is 14.0.